The molecule has 1 fully saturated rings. The molecule has 0 saturated carbocycles. The number of anilines is 1. The molecular formula is C27H32ClN7O. The highest BCUT2D eigenvalue weighted by atomic mass is 35.5. The molecule has 1 unspecified atom stereocenters. The minimum Gasteiger partial charge on any atom is -0.376 e. The van der Waals surface area contributed by atoms with Crippen molar-refractivity contribution in [3.8, 4) is 0 Å². The zero-order valence-electron chi connectivity index (χ0n) is 21.3. The third kappa shape index (κ3) is 4.86. The van der Waals surface area contributed by atoms with Crippen molar-refractivity contribution in [3.05, 3.63) is 82.0 Å². The molecule has 2 N–H and O–H groups in total. The third-order valence-electron chi connectivity index (χ3n) is 6.69. The lowest BCUT2D eigenvalue weighted by molar-refractivity contribution is -0.105. The molecule has 1 atom stereocenters. The summed E-state index contributed by atoms with van der Waals surface area (Å²) >= 11 is 6.21. The van der Waals surface area contributed by atoms with Crippen LogP contribution in [0.4, 0.5) is 5.69 Å². The normalized spacial score (nSPS) is 15.2. The maximum absolute atomic E-state index is 12.4. The first-order chi connectivity index (χ1) is 17.1. The lowest BCUT2D eigenvalue weighted by Gasteiger charge is -2.42. The molecule has 1 aromatic carbocycles. The Labute approximate surface area is 216 Å². The monoisotopic (exact) mass is 505 g/mol. The Morgan fingerprint density at radius 2 is 1.92 bits per heavy atom. The number of nitrogens with one attached hydrogen (secondary N) is 2. The van der Waals surface area contributed by atoms with E-state index in [2.05, 4.69) is 31.9 Å². The second kappa shape index (κ2) is 10.1. The summed E-state index contributed by atoms with van der Waals surface area (Å²) in [5.41, 5.74) is 5.95. The number of aldehydes is 1. The number of carbonyl (C=O) groups is 1. The number of aryl methyl sites for hydroxylation is 2. The first-order valence-electron chi connectivity index (χ1n) is 11.8. The molecule has 3 aromatic rings. The molecule has 1 saturated heterocycles. The number of rotatable bonds is 9. The Morgan fingerprint density at radius 3 is 2.50 bits per heavy atom. The quantitative estimate of drug-likeness (QED) is 0.253. The Bertz CT molecular complexity index is 1350. The molecule has 9 heteroatoms. The Hall–Kier alpha value is -3.65. The standard InChI is InChI=1S/C27H32ClN7O/c1-16(2)34-12-22(13-34)30-24(15-36)25(18(4)29)26(20-7-9-21(28)10-8-20)33(6)23-11-17(3)27-32-31-19(5)35(27)14-23/h7-11,14-15,22,26,29-30H,1,12-13H2,2-6H3/b25-24+,29-18?. The van der Waals surface area contributed by atoms with Gasteiger partial charge in [0.15, 0.2) is 11.9 Å². The van der Waals surface area contributed by atoms with E-state index in [0.717, 1.165) is 53.4 Å². The number of carbonyl (C=O) groups excluding carboxylic acids is 1. The van der Waals surface area contributed by atoms with Gasteiger partial charge >= 0.3 is 0 Å². The predicted octanol–water partition coefficient (Wildman–Crippen LogP) is 4.48. The van der Waals surface area contributed by atoms with E-state index in [1.165, 1.54) is 0 Å². The molecule has 0 aliphatic carbocycles. The fourth-order valence-corrected chi connectivity index (χ4v) is 4.78. The van der Waals surface area contributed by atoms with Crippen LogP contribution in [0, 0.1) is 19.3 Å². The van der Waals surface area contributed by atoms with Crippen molar-refractivity contribution < 1.29 is 4.79 Å². The fourth-order valence-electron chi connectivity index (χ4n) is 4.65. The minimum absolute atomic E-state index is 0.102. The topological polar surface area (TPSA) is 89.6 Å². The van der Waals surface area contributed by atoms with E-state index < -0.39 is 6.04 Å². The van der Waals surface area contributed by atoms with Crippen molar-refractivity contribution in [3.63, 3.8) is 0 Å². The van der Waals surface area contributed by atoms with Crippen molar-refractivity contribution >= 4 is 34.9 Å². The van der Waals surface area contributed by atoms with Crippen LogP contribution in [0.15, 0.2) is 60.1 Å². The van der Waals surface area contributed by atoms with Gasteiger partial charge in [-0.3, -0.25) is 9.20 Å². The first kappa shape index (κ1) is 25.4. The average Bonchev–Trinajstić information content (AvgIpc) is 3.18. The van der Waals surface area contributed by atoms with Gasteiger partial charge in [0.2, 0.25) is 0 Å². The maximum atomic E-state index is 12.4. The van der Waals surface area contributed by atoms with Gasteiger partial charge in [-0.25, -0.2) is 0 Å². The lowest BCUT2D eigenvalue weighted by Crippen LogP contribution is -2.56. The zero-order valence-corrected chi connectivity index (χ0v) is 22.1. The number of nitrogens with zero attached hydrogens (tertiary/aromatic N) is 5. The predicted molar refractivity (Wildman–Crippen MR) is 145 cm³/mol. The van der Waals surface area contributed by atoms with Gasteiger partial charge in [-0.1, -0.05) is 30.3 Å². The van der Waals surface area contributed by atoms with Gasteiger partial charge in [-0.2, -0.15) is 0 Å². The SMILES string of the molecule is C=C(C)N1CC(N/C(C=O)=C(\C(C)=N)C(c2ccc(Cl)cc2)N(C)c2cc(C)c3nnc(C)n3c2)C1. The van der Waals surface area contributed by atoms with Gasteiger partial charge in [0.05, 0.1) is 23.5 Å². The van der Waals surface area contributed by atoms with E-state index in [4.69, 9.17) is 17.0 Å². The highest BCUT2D eigenvalue weighted by Crippen LogP contribution is 2.35. The number of likely N-dealkylation sites (tertiary alicyclic amines) is 1. The number of likely N-dealkylation sites (N-methyl/N-ethyl adjacent to an activating group) is 1. The van der Waals surface area contributed by atoms with Crippen LogP contribution in [-0.2, 0) is 4.79 Å². The summed E-state index contributed by atoms with van der Waals surface area (Å²) in [4.78, 5) is 16.7. The van der Waals surface area contributed by atoms with Crippen molar-refractivity contribution in [2.75, 3.05) is 25.0 Å². The van der Waals surface area contributed by atoms with Crippen LogP contribution in [0.2, 0.25) is 5.02 Å². The molecule has 0 spiro atoms. The summed E-state index contributed by atoms with van der Waals surface area (Å²) < 4.78 is 1.96. The van der Waals surface area contributed by atoms with Crippen LogP contribution >= 0.6 is 11.6 Å². The highest BCUT2D eigenvalue weighted by Gasteiger charge is 2.31. The van der Waals surface area contributed by atoms with Crippen LogP contribution in [0.5, 0.6) is 0 Å². The first-order valence-corrected chi connectivity index (χ1v) is 12.2. The van der Waals surface area contributed by atoms with E-state index in [1.54, 1.807) is 6.92 Å². The molecule has 0 radical (unpaired) electrons. The average molecular weight is 506 g/mol. The van der Waals surface area contributed by atoms with E-state index in [-0.39, 0.29) is 6.04 Å². The highest BCUT2D eigenvalue weighted by molar-refractivity contribution is 6.30. The zero-order chi connectivity index (χ0) is 26.1. The number of benzene rings is 1. The molecule has 188 valence electrons. The number of aromatic nitrogens is 3. The number of pyridine rings is 1. The summed E-state index contributed by atoms with van der Waals surface area (Å²) in [5, 5.41) is 21.2. The van der Waals surface area contributed by atoms with Crippen LogP contribution in [0.25, 0.3) is 5.65 Å². The van der Waals surface area contributed by atoms with Crippen LogP contribution in [-0.4, -0.2) is 57.7 Å². The summed E-state index contributed by atoms with van der Waals surface area (Å²) in [5.74, 6) is 0.785. The summed E-state index contributed by atoms with van der Waals surface area (Å²) in [7, 11) is 1.97. The Balaban J connectivity index is 1.82. The molecule has 8 nitrogen and oxygen atoms in total. The van der Waals surface area contributed by atoms with Gasteiger partial charge in [-0.05, 0) is 57.0 Å². The number of fused-ring (bicyclic) bond motifs is 1. The van der Waals surface area contributed by atoms with Crippen LogP contribution in [0.1, 0.15) is 36.8 Å². The van der Waals surface area contributed by atoms with E-state index in [1.807, 2.05) is 68.7 Å². The van der Waals surface area contributed by atoms with E-state index in [9.17, 15) is 4.79 Å². The third-order valence-corrected chi connectivity index (χ3v) is 6.94. The maximum Gasteiger partial charge on any atom is 0.166 e. The number of hydrogen-bond acceptors (Lipinski definition) is 7. The van der Waals surface area contributed by atoms with Crippen molar-refractivity contribution in [2.45, 2.75) is 39.8 Å². The minimum atomic E-state index is -0.418. The van der Waals surface area contributed by atoms with Gasteiger partial charge in [-0.15, -0.1) is 10.2 Å². The molecule has 36 heavy (non-hydrogen) atoms. The van der Waals surface area contributed by atoms with Gasteiger partial charge in [0, 0.05) is 48.3 Å². The number of halogens is 1. The smallest absolute Gasteiger partial charge is 0.166 e. The van der Waals surface area contributed by atoms with Crippen LogP contribution in [0.3, 0.4) is 0 Å². The van der Waals surface area contributed by atoms with Gasteiger partial charge in [0.1, 0.15) is 5.82 Å². The lowest BCUT2D eigenvalue weighted by atomic mass is 9.91. The molecule has 0 bridgehead atoms. The fraction of sp³-hybridized carbons (Fsp3) is 0.333. The molecule has 0 amide bonds. The molecule has 2 aromatic heterocycles. The summed E-state index contributed by atoms with van der Waals surface area (Å²) in [6.45, 7) is 13.1. The Kier molecular flexibility index (Phi) is 7.17. The summed E-state index contributed by atoms with van der Waals surface area (Å²) in [6, 6.07) is 9.28. The van der Waals surface area contributed by atoms with E-state index in [0.29, 0.717) is 22.0 Å². The number of allylic oxidation sites excluding steroid dienone is 2. The summed E-state index contributed by atoms with van der Waals surface area (Å²) in [6.07, 6.45) is 2.81. The second-order valence-electron chi connectivity index (χ2n) is 9.44. The number of hydrogen-bond donors (Lipinski definition) is 2. The molecule has 4 rings (SSSR count). The van der Waals surface area contributed by atoms with E-state index >= 15 is 0 Å². The van der Waals surface area contributed by atoms with Gasteiger partial charge < -0.3 is 20.5 Å². The largest absolute Gasteiger partial charge is 0.376 e. The second-order valence-corrected chi connectivity index (χ2v) is 9.88. The molecule has 3 heterocycles. The molecule has 1 aliphatic rings. The molecular weight excluding hydrogens is 474 g/mol. The Morgan fingerprint density at radius 1 is 1.25 bits per heavy atom. The van der Waals surface area contributed by atoms with Crippen molar-refractivity contribution in [1.82, 2.24) is 24.8 Å². The molecule has 1 aliphatic heterocycles. The van der Waals surface area contributed by atoms with Gasteiger partial charge in [0.25, 0.3) is 0 Å². The van der Waals surface area contributed by atoms with Crippen LogP contribution < -0.4 is 10.2 Å². The van der Waals surface area contributed by atoms with Crippen molar-refractivity contribution in [2.24, 2.45) is 0 Å². The van der Waals surface area contributed by atoms with Crippen molar-refractivity contribution in [1.29, 1.82) is 5.41 Å².